The molecule has 1 fully saturated rings. The highest BCUT2D eigenvalue weighted by molar-refractivity contribution is 5.82. The second kappa shape index (κ2) is 4.78. The van der Waals surface area contributed by atoms with E-state index in [1.807, 2.05) is 13.8 Å². The van der Waals surface area contributed by atoms with Crippen molar-refractivity contribution in [3.8, 4) is 0 Å². The standard InChI is InChI=1S/C12H22O/c1-9(2)12(13)10(3)11-7-5-4-6-8-11/h9-11H,4-8H2,1-3H3. The van der Waals surface area contributed by atoms with Gasteiger partial charge in [0, 0.05) is 11.8 Å². The summed E-state index contributed by atoms with van der Waals surface area (Å²) >= 11 is 0. The molecule has 1 nitrogen and oxygen atoms in total. The molecule has 1 rings (SSSR count). The maximum absolute atomic E-state index is 11.7. The number of hydrogen-bond donors (Lipinski definition) is 0. The van der Waals surface area contributed by atoms with Crippen LogP contribution in [0, 0.1) is 17.8 Å². The van der Waals surface area contributed by atoms with E-state index < -0.39 is 0 Å². The smallest absolute Gasteiger partial charge is 0.138 e. The molecule has 1 aliphatic carbocycles. The Hall–Kier alpha value is -0.330. The summed E-state index contributed by atoms with van der Waals surface area (Å²) in [5, 5.41) is 0. The third kappa shape index (κ3) is 2.82. The first kappa shape index (κ1) is 10.7. The molecule has 0 aliphatic heterocycles. The van der Waals surface area contributed by atoms with Crippen molar-refractivity contribution in [2.45, 2.75) is 52.9 Å². The maximum Gasteiger partial charge on any atom is 0.138 e. The summed E-state index contributed by atoms with van der Waals surface area (Å²) in [5.41, 5.74) is 0. The molecule has 0 radical (unpaired) electrons. The first-order chi connectivity index (χ1) is 6.13. The Balaban J connectivity index is 2.45. The van der Waals surface area contributed by atoms with Gasteiger partial charge in [-0.1, -0.05) is 40.0 Å². The molecule has 0 aromatic carbocycles. The van der Waals surface area contributed by atoms with E-state index >= 15 is 0 Å². The molecule has 0 N–H and O–H groups in total. The van der Waals surface area contributed by atoms with Gasteiger partial charge in [-0.25, -0.2) is 0 Å². The van der Waals surface area contributed by atoms with Crippen LogP contribution in [0.3, 0.4) is 0 Å². The average molecular weight is 182 g/mol. The Kier molecular flexibility index (Phi) is 3.95. The molecule has 1 heteroatoms. The van der Waals surface area contributed by atoms with Gasteiger partial charge < -0.3 is 0 Å². The van der Waals surface area contributed by atoms with E-state index in [9.17, 15) is 4.79 Å². The molecule has 0 spiro atoms. The van der Waals surface area contributed by atoms with Gasteiger partial charge in [-0.05, 0) is 18.8 Å². The van der Waals surface area contributed by atoms with Crippen molar-refractivity contribution in [3.63, 3.8) is 0 Å². The summed E-state index contributed by atoms with van der Waals surface area (Å²) in [4.78, 5) is 11.7. The largest absolute Gasteiger partial charge is 0.299 e. The summed E-state index contributed by atoms with van der Waals surface area (Å²) in [7, 11) is 0. The molecule has 0 bridgehead atoms. The van der Waals surface area contributed by atoms with Crippen LogP contribution in [-0.2, 0) is 4.79 Å². The predicted molar refractivity (Wildman–Crippen MR) is 55.6 cm³/mol. The van der Waals surface area contributed by atoms with Crippen LogP contribution in [0.1, 0.15) is 52.9 Å². The highest BCUT2D eigenvalue weighted by Crippen LogP contribution is 2.31. The molecular formula is C12H22O. The fraction of sp³-hybridized carbons (Fsp3) is 0.917. The molecule has 1 aliphatic rings. The zero-order chi connectivity index (χ0) is 9.84. The third-order valence-electron chi connectivity index (χ3n) is 3.37. The van der Waals surface area contributed by atoms with Crippen molar-refractivity contribution in [2.24, 2.45) is 17.8 Å². The molecule has 1 saturated carbocycles. The van der Waals surface area contributed by atoms with Crippen LogP contribution in [0.2, 0.25) is 0 Å². The maximum atomic E-state index is 11.7. The Labute approximate surface area is 81.9 Å². The molecule has 76 valence electrons. The van der Waals surface area contributed by atoms with Gasteiger partial charge in [-0.3, -0.25) is 4.79 Å². The lowest BCUT2D eigenvalue weighted by Gasteiger charge is -2.27. The Bertz CT molecular complexity index is 166. The number of hydrogen-bond acceptors (Lipinski definition) is 1. The van der Waals surface area contributed by atoms with Crippen molar-refractivity contribution >= 4 is 5.78 Å². The molecule has 1 atom stereocenters. The van der Waals surface area contributed by atoms with Crippen LogP contribution in [0.4, 0.5) is 0 Å². The number of carbonyl (C=O) groups is 1. The van der Waals surface area contributed by atoms with E-state index in [2.05, 4.69) is 6.92 Å². The van der Waals surface area contributed by atoms with Gasteiger partial charge in [0.2, 0.25) is 0 Å². The number of ketones is 1. The van der Waals surface area contributed by atoms with Crippen LogP contribution >= 0.6 is 0 Å². The molecule has 13 heavy (non-hydrogen) atoms. The second-order valence-corrected chi connectivity index (χ2v) is 4.74. The molecular weight excluding hydrogens is 160 g/mol. The predicted octanol–water partition coefficient (Wildman–Crippen LogP) is 3.43. The minimum absolute atomic E-state index is 0.219. The van der Waals surface area contributed by atoms with Gasteiger partial charge >= 0.3 is 0 Å². The minimum atomic E-state index is 0.219. The topological polar surface area (TPSA) is 17.1 Å². The van der Waals surface area contributed by atoms with Crippen LogP contribution < -0.4 is 0 Å². The Morgan fingerprint density at radius 2 is 1.62 bits per heavy atom. The Morgan fingerprint density at radius 1 is 1.08 bits per heavy atom. The quantitative estimate of drug-likeness (QED) is 0.653. The van der Waals surface area contributed by atoms with Crippen LogP contribution in [0.5, 0.6) is 0 Å². The van der Waals surface area contributed by atoms with E-state index in [4.69, 9.17) is 0 Å². The zero-order valence-corrected chi connectivity index (χ0v) is 9.18. The summed E-state index contributed by atoms with van der Waals surface area (Å²) in [5.74, 6) is 1.67. The van der Waals surface area contributed by atoms with E-state index in [1.54, 1.807) is 0 Å². The second-order valence-electron chi connectivity index (χ2n) is 4.74. The molecule has 0 aromatic heterocycles. The first-order valence-corrected chi connectivity index (χ1v) is 5.66. The van der Waals surface area contributed by atoms with Crippen molar-refractivity contribution in [1.82, 2.24) is 0 Å². The molecule has 0 heterocycles. The third-order valence-corrected chi connectivity index (χ3v) is 3.37. The van der Waals surface area contributed by atoms with Gasteiger partial charge in [0.25, 0.3) is 0 Å². The van der Waals surface area contributed by atoms with Gasteiger partial charge in [0.15, 0.2) is 0 Å². The fourth-order valence-corrected chi connectivity index (χ4v) is 2.39. The van der Waals surface area contributed by atoms with Crippen molar-refractivity contribution in [1.29, 1.82) is 0 Å². The highest BCUT2D eigenvalue weighted by atomic mass is 16.1. The highest BCUT2D eigenvalue weighted by Gasteiger charge is 2.26. The zero-order valence-electron chi connectivity index (χ0n) is 9.18. The summed E-state index contributed by atoms with van der Waals surface area (Å²) < 4.78 is 0. The van der Waals surface area contributed by atoms with Gasteiger partial charge in [-0.2, -0.15) is 0 Å². The van der Waals surface area contributed by atoms with Crippen molar-refractivity contribution < 1.29 is 4.79 Å². The minimum Gasteiger partial charge on any atom is -0.299 e. The number of carbonyl (C=O) groups excluding carboxylic acids is 1. The van der Waals surface area contributed by atoms with Gasteiger partial charge in [-0.15, -0.1) is 0 Å². The van der Waals surface area contributed by atoms with E-state index in [0.717, 1.165) is 0 Å². The van der Waals surface area contributed by atoms with Crippen molar-refractivity contribution in [2.75, 3.05) is 0 Å². The van der Waals surface area contributed by atoms with Gasteiger partial charge in [0.1, 0.15) is 5.78 Å². The molecule has 0 saturated heterocycles. The van der Waals surface area contributed by atoms with Gasteiger partial charge in [0.05, 0.1) is 0 Å². The van der Waals surface area contributed by atoms with E-state index in [0.29, 0.717) is 17.6 Å². The van der Waals surface area contributed by atoms with Crippen LogP contribution in [-0.4, -0.2) is 5.78 Å². The fourth-order valence-electron chi connectivity index (χ4n) is 2.39. The number of Topliss-reactive ketones (excluding diaryl/α,β-unsaturated/α-hetero) is 1. The normalized spacial score (nSPS) is 21.8. The first-order valence-electron chi connectivity index (χ1n) is 5.66. The SMILES string of the molecule is CC(C)C(=O)C(C)C1CCCCC1. The monoisotopic (exact) mass is 182 g/mol. The number of rotatable bonds is 3. The average Bonchev–Trinajstić information content (AvgIpc) is 2.17. The Morgan fingerprint density at radius 3 is 2.08 bits per heavy atom. The molecule has 1 unspecified atom stereocenters. The van der Waals surface area contributed by atoms with Crippen LogP contribution in [0.15, 0.2) is 0 Å². The van der Waals surface area contributed by atoms with Crippen LogP contribution in [0.25, 0.3) is 0 Å². The molecule has 0 amide bonds. The summed E-state index contributed by atoms with van der Waals surface area (Å²) in [6.07, 6.45) is 6.60. The molecule has 0 aromatic rings. The lowest BCUT2D eigenvalue weighted by Crippen LogP contribution is -2.26. The lowest BCUT2D eigenvalue weighted by atomic mass is 9.77. The van der Waals surface area contributed by atoms with E-state index in [1.165, 1.54) is 32.1 Å². The summed E-state index contributed by atoms with van der Waals surface area (Å²) in [6, 6.07) is 0. The lowest BCUT2D eigenvalue weighted by molar-refractivity contribution is -0.127. The van der Waals surface area contributed by atoms with E-state index in [-0.39, 0.29) is 5.92 Å². The summed E-state index contributed by atoms with van der Waals surface area (Å²) in [6.45, 7) is 6.15. The van der Waals surface area contributed by atoms with Crippen molar-refractivity contribution in [3.05, 3.63) is 0 Å².